The third kappa shape index (κ3) is 5.60. The van der Waals surface area contributed by atoms with Crippen molar-refractivity contribution in [3.63, 3.8) is 0 Å². The van der Waals surface area contributed by atoms with Crippen LogP contribution in [0.2, 0.25) is 0 Å². The number of aryl methyl sites for hydroxylation is 1. The second kappa shape index (κ2) is 10.4. The molecular formula is C24H28N8. The fourth-order valence-corrected chi connectivity index (χ4v) is 3.26. The van der Waals surface area contributed by atoms with Gasteiger partial charge in [0.05, 0.1) is 18.8 Å². The van der Waals surface area contributed by atoms with Crippen molar-refractivity contribution in [2.75, 3.05) is 6.54 Å². The van der Waals surface area contributed by atoms with E-state index in [1.807, 2.05) is 53.7 Å². The summed E-state index contributed by atoms with van der Waals surface area (Å²) >= 11 is 0. The average Bonchev–Trinajstić information content (AvgIpc) is 3.47. The molecule has 8 nitrogen and oxygen atoms in total. The van der Waals surface area contributed by atoms with Crippen LogP contribution in [0.25, 0.3) is 5.69 Å². The van der Waals surface area contributed by atoms with Gasteiger partial charge in [-0.05, 0) is 42.7 Å². The maximum Gasteiger partial charge on any atom is 0.191 e. The molecule has 0 unspecified atom stereocenters. The summed E-state index contributed by atoms with van der Waals surface area (Å²) in [5.74, 6) is 2.50. The minimum atomic E-state index is 0.552. The Bertz CT molecular complexity index is 1130. The molecule has 0 aliphatic carbocycles. The van der Waals surface area contributed by atoms with E-state index in [-0.39, 0.29) is 0 Å². The normalized spacial score (nSPS) is 11.5. The Morgan fingerprint density at radius 2 is 1.75 bits per heavy atom. The smallest absolute Gasteiger partial charge is 0.191 e. The van der Waals surface area contributed by atoms with Gasteiger partial charge in [-0.3, -0.25) is 0 Å². The van der Waals surface area contributed by atoms with Crippen molar-refractivity contribution in [3.8, 4) is 5.69 Å². The summed E-state index contributed by atoms with van der Waals surface area (Å²) in [5, 5.41) is 19.4. The molecule has 2 aromatic heterocycles. The van der Waals surface area contributed by atoms with Crippen LogP contribution in [-0.2, 0) is 26.6 Å². The van der Waals surface area contributed by atoms with Crippen LogP contribution in [-0.4, -0.2) is 37.0 Å². The zero-order valence-electron chi connectivity index (χ0n) is 18.4. The zero-order chi connectivity index (χ0) is 22.2. The minimum Gasteiger partial charge on any atom is -0.356 e. The van der Waals surface area contributed by atoms with Gasteiger partial charge in [0.1, 0.15) is 5.82 Å². The van der Waals surface area contributed by atoms with Gasteiger partial charge in [-0.2, -0.15) is 5.10 Å². The molecule has 2 heterocycles. The van der Waals surface area contributed by atoms with Gasteiger partial charge < -0.3 is 15.2 Å². The Hall–Kier alpha value is -3.94. The molecule has 0 aliphatic heterocycles. The number of guanidine groups is 1. The predicted octanol–water partition coefficient (Wildman–Crippen LogP) is 2.79. The van der Waals surface area contributed by atoms with Crippen LogP contribution in [0.4, 0.5) is 0 Å². The van der Waals surface area contributed by atoms with Crippen molar-refractivity contribution < 1.29 is 0 Å². The first-order valence-electron chi connectivity index (χ1n) is 10.7. The predicted molar refractivity (Wildman–Crippen MR) is 125 cm³/mol. The van der Waals surface area contributed by atoms with Crippen molar-refractivity contribution >= 4 is 5.96 Å². The lowest BCUT2D eigenvalue weighted by atomic mass is 10.1. The second-order valence-electron chi connectivity index (χ2n) is 7.52. The Morgan fingerprint density at radius 1 is 0.938 bits per heavy atom. The van der Waals surface area contributed by atoms with E-state index in [1.165, 1.54) is 5.56 Å². The third-order valence-corrected chi connectivity index (χ3v) is 5.27. The molecule has 2 aromatic carbocycles. The summed E-state index contributed by atoms with van der Waals surface area (Å²) in [6.45, 7) is 3.86. The lowest BCUT2D eigenvalue weighted by Gasteiger charge is -2.13. The summed E-state index contributed by atoms with van der Waals surface area (Å²) in [6.07, 6.45) is 4.61. The largest absolute Gasteiger partial charge is 0.356 e. The lowest BCUT2D eigenvalue weighted by molar-refractivity contribution is 0.712. The second-order valence-corrected chi connectivity index (χ2v) is 7.52. The Balaban J connectivity index is 1.36. The Kier molecular flexibility index (Phi) is 6.91. The molecule has 0 radical (unpaired) electrons. The van der Waals surface area contributed by atoms with Crippen molar-refractivity contribution in [1.29, 1.82) is 0 Å². The SMILES string of the molecule is Cc1nnc(CNC(=NCc2ccccc2)NCCc2ccc(-n3cccn3)cc2)n1C. The number of nitrogens with one attached hydrogen (secondary N) is 2. The van der Waals surface area contributed by atoms with Gasteiger partial charge in [-0.15, -0.1) is 10.2 Å². The number of aromatic nitrogens is 5. The van der Waals surface area contributed by atoms with E-state index in [4.69, 9.17) is 4.99 Å². The van der Waals surface area contributed by atoms with Crippen LogP contribution in [0.3, 0.4) is 0 Å². The molecule has 4 aromatic rings. The molecule has 0 bridgehead atoms. The van der Waals surface area contributed by atoms with Crippen molar-refractivity contribution in [2.45, 2.75) is 26.4 Å². The van der Waals surface area contributed by atoms with Crippen LogP contribution in [0.5, 0.6) is 0 Å². The monoisotopic (exact) mass is 428 g/mol. The lowest BCUT2D eigenvalue weighted by Crippen LogP contribution is -2.38. The third-order valence-electron chi connectivity index (χ3n) is 5.27. The van der Waals surface area contributed by atoms with Gasteiger partial charge in [-0.25, -0.2) is 9.67 Å². The topological polar surface area (TPSA) is 84.9 Å². The molecule has 0 saturated carbocycles. The van der Waals surface area contributed by atoms with E-state index < -0.39 is 0 Å². The molecule has 2 N–H and O–H groups in total. The van der Waals surface area contributed by atoms with Gasteiger partial charge in [0, 0.05) is 26.0 Å². The van der Waals surface area contributed by atoms with E-state index >= 15 is 0 Å². The molecule has 0 spiro atoms. The highest BCUT2D eigenvalue weighted by atomic mass is 15.3. The summed E-state index contributed by atoms with van der Waals surface area (Å²) in [7, 11) is 1.97. The van der Waals surface area contributed by atoms with Crippen LogP contribution < -0.4 is 10.6 Å². The van der Waals surface area contributed by atoms with Gasteiger partial charge in [0.15, 0.2) is 11.8 Å². The summed E-state index contributed by atoms with van der Waals surface area (Å²) in [6, 6.07) is 20.6. The van der Waals surface area contributed by atoms with Crippen LogP contribution in [0.15, 0.2) is 78.0 Å². The zero-order valence-corrected chi connectivity index (χ0v) is 18.4. The summed E-state index contributed by atoms with van der Waals surface area (Å²) in [5.41, 5.74) is 3.47. The van der Waals surface area contributed by atoms with Gasteiger partial charge in [0.25, 0.3) is 0 Å². The first-order chi connectivity index (χ1) is 15.7. The molecule has 32 heavy (non-hydrogen) atoms. The molecule has 0 fully saturated rings. The number of nitrogens with zero attached hydrogens (tertiary/aromatic N) is 6. The van der Waals surface area contributed by atoms with E-state index in [2.05, 4.69) is 62.3 Å². The van der Waals surface area contributed by atoms with Crippen LogP contribution in [0.1, 0.15) is 22.8 Å². The van der Waals surface area contributed by atoms with Gasteiger partial charge in [0.2, 0.25) is 0 Å². The standard InChI is InChI=1S/C24H28N8/c1-19-29-30-23(31(19)2)18-27-24(26-17-21-7-4-3-5-8-21)25-15-13-20-9-11-22(12-10-20)32-16-6-14-28-32/h3-12,14,16H,13,15,17-18H2,1-2H3,(H2,25,26,27). The van der Waals surface area contributed by atoms with E-state index in [0.717, 1.165) is 41.8 Å². The fourth-order valence-electron chi connectivity index (χ4n) is 3.26. The highest BCUT2D eigenvalue weighted by Crippen LogP contribution is 2.09. The molecule has 0 atom stereocenters. The van der Waals surface area contributed by atoms with Crippen molar-refractivity contribution in [1.82, 2.24) is 35.2 Å². The van der Waals surface area contributed by atoms with Crippen molar-refractivity contribution in [2.24, 2.45) is 12.0 Å². The average molecular weight is 429 g/mol. The number of rotatable bonds is 8. The molecule has 4 rings (SSSR count). The quantitative estimate of drug-likeness (QED) is 0.333. The molecule has 0 amide bonds. The van der Waals surface area contributed by atoms with Crippen molar-refractivity contribution in [3.05, 3.63) is 95.8 Å². The Labute approximate surface area is 188 Å². The summed E-state index contributed by atoms with van der Waals surface area (Å²) in [4.78, 5) is 4.75. The number of aliphatic imine (C=N–C) groups is 1. The molecule has 164 valence electrons. The fraction of sp³-hybridized carbons (Fsp3) is 0.250. The van der Waals surface area contributed by atoms with Crippen LogP contribution >= 0.6 is 0 Å². The first kappa shape index (κ1) is 21.3. The van der Waals surface area contributed by atoms with E-state index in [0.29, 0.717) is 13.1 Å². The van der Waals surface area contributed by atoms with E-state index in [9.17, 15) is 0 Å². The number of hydrogen-bond donors (Lipinski definition) is 2. The van der Waals surface area contributed by atoms with Gasteiger partial charge in [-0.1, -0.05) is 42.5 Å². The minimum absolute atomic E-state index is 0.552. The molecule has 0 aliphatic rings. The maximum absolute atomic E-state index is 4.75. The number of benzene rings is 2. The maximum atomic E-state index is 4.75. The van der Waals surface area contributed by atoms with E-state index in [1.54, 1.807) is 6.20 Å². The molecule has 0 saturated heterocycles. The highest BCUT2D eigenvalue weighted by molar-refractivity contribution is 5.79. The molecular weight excluding hydrogens is 400 g/mol. The summed E-state index contributed by atoms with van der Waals surface area (Å²) < 4.78 is 3.83. The van der Waals surface area contributed by atoms with Crippen LogP contribution in [0, 0.1) is 6.92 Å². The first-order valence-corrected chi connectivity index (χ1v) is 10.7. The van der Waals surface area contributed by atoms with Gasteiger partial charge >= 0.3 is 0 Å². The Morgan fingerprint density at radius 3 is 2.44 bits per heavy atom. The number of hydrogen-bond acceptors (Lipinski definition) is 4. The molecule has 8 heteroatoms. The highest BCUT2D eigenvalue weighted by Gasteiger charge is 2.06.